The highest BCUT2D eigenvalue weighted by molar-refractivity contribution is 8.00. The first kappa shape index (κ1) is 20.9. The molecule has 0 unspecified atom stereocenters. The lowest BCUT2D eigenvalue weighted by Crippen LogP contribution is -2.60. The van der Waals surface area contributed by atoms with Crippen molar-refractivity contribution in [1.82, 2.24) is 0 Å². The Balaban J connectivity index is 1.56. The first-order valence-electron chi connectivity index (χ1n) is 9.70. The van der Waals surface area contributed by atoms with E-state index in [1.54, 1.807) is 50.2 Å². The zero-order valence-corrected chi connectivity index (χ0v) is 18.0. The second-order valence-electron chi connectivity index (χ2n) is 7.80. The summed E-state index contributed by atoms with van der Waals surface area (Å²) in [7, 11) is 0. The van der Waals surface area contributed by atoms with Crippen LogP contribution in [0, 0.1) is 0 Å². The molecular formula is C22H21N3O5S. The number of para-hydroxylation sites is 2. The number of nitrogens with one attached hydrogen (secondary N) is 2. The van der Waals surface area contributed by atoms with Gasteiger partial charge < -0.3 is 15.4 Å². The predicted molar refractivity (Wildman–Crippen MR) is 117 cm³/mol. The molecule has 2 heterocycles. The monoisotopic (exact) mass is 439 g/mol. The Morgan fingerprint density at radius 3 is 2.61 bits per heavy atom. The summed E-state index contributed by atoms with van der Waals surface area (Å²) >= 11 is 1.39. The lowest BCUT2D eigenvalue weighted by Gasteiger charge is -2.42. The molecule has 0 saturated heterocycles. The lowest BCUT2D eigenvalue weighted by atomic mass is 9.95. The van der Waals surface area contributed by atoms with Gasteiger partial charge in [-0.05, 0) is 51.1 Å². The molecule has 1 atom stereocenters. The van der Waals surface area contributed by atoms with Crippen LogP contribution in [0.3, 0.4) is 0 Å². The molecule has 160 valence electrons. The summed E-state index contributed by atoms with van der Waals surface area (Å²) in [6, 6.07) is 11.8. The molecule has 2 N–H and O–H groups in total. The maximum Gasteiger partial charge on any atom is 0.338 e. The third-order valence-corrected chi connectivity index (χ3v) is 6.28. The van der Waals surface area contributed by atoms with Gasteiger partial charge in [-0.2, -0.15) is 0 Å². The minimum Gasteiger partial charge on any atom is -0.449 e. The fourth-order valence-corrected chi connectivity index (χ4v) is 4.31. The molecule has 4 rings (SSSR count). The van der Waals surface area contributed by atoms with Crippen LogP contribution in [0.25, 0.3) is 0 Å². The largest absolute Gasteiger partial charge is 0.449 e. The molecule has 3 amide bonds. The average Bonchev–Trinajstić information content (AvgIpc) is 2.73. The fraction of sp³-hybridized carbons (Fsp3) is 0.273. The van der Waals surface area contributed by atoms with E-state index in [0.717, 1.165) is 4.90 Å². The molecule has 0 fully saturated rings. The second-order valence-corrected chi connectivity index (χ2v) is 8.82. The van der Waals surface area contributed by atoms with Crippen LogP contribution < -0.4 is 15.5 Å². The van der Waals surface area contributed by atoms with Gasteiger partial charge in [0.1, 0.15) is 5.54 Å². The molecule has 31 heavy (non-hydrogen) atoms. The highest BCUT2D eigenvalue weighted by atomic mass is 32.2. The number of carbonyl (C=O) groups is 4. The number of amides is 3. The number of ether oxygens (including phenoxy) is 1. The Morgan fingerprint density at radius 2 is 1.84 bits per heavy atom. The van der Waals surface area contributed by atoms with Gasteiger partial charge in [-0.1, -0.05) is 12.1 Å². The summed E-state index contributed by atoms with van der Waals surface area (Å²) in [5.74, 6) is -1.36. The van der Waals surface area contributed by atoms with Gasteiger partial charge in [0.25, 0.3) is 5.91 Å². The van der Waals surface area contributed by atoms with E-state index in [0.29, 0.717) is 22.8 Å². The minimum absolute atomic E-state index is 0.143. The van der Waals surface area contributed by atoms with Crippen molar-refractivity contribution >= 4 is 52.5 Å². The summed E-state index contributed by atoms with van der Waals surface area (Å²) in [6.07, 6.45) is -1.13. The number of hydrogen-bond acceptors (Lipinski definition) is 6. The van der Waals surface area contributed by atoms with Gasteiger partial charge in [0.05, 0.1) is 28.4 Å². The number of thioether (sulfide) groups is 1. The van der Waals surface area contributed by atoms with Gasteiger partial charge in [0.2, 0.25) is 11.8 Å². The minimum atomic E-state index is -1.17. The van der Waals surface area contributed by atoms with Crippen LogP contribution in [0.1, 0.15) is 31.1 Å². The maximum atomic E-state index is 13.3. The van der Waals surface area contributed by atoms with E-state index in [1.165, 1.54) is 29.7 Å². The van der Waals surface area contributed by atoms with Crippen molar-refractivity contribution in [2.75, 3.05) is 21.3 Å². The Hall–Kier alpha value is -3.33. The van der Waals surface area contributed by atoms with Crippen LogP contribution in [0.5, 0.6) is 0 Å². The molecule has 2 aliphatic rings. The van der Waals surface area contributed by atoms with E-state index in [4.69, 9.17) is 4.74 Å². The number of fused-ring (bicyclic) bond motifs is 2. The number of anilines is 3. The highest BCUT2D eigenvalue weighted by Crippen LogP contribution is 2.37. The zero-order chi connectivity index (χ0) is 22.3. The van der Waals surface area contributed by atoms with Crippen molar-refractivity contribution in [2.24, 2.45) is 0 Å². The van der Waals surface area contributed by atoms with Crippen molar-refractivity contribution in [3.05, 3.63) is 48.0 Å². The number of rotatable bonds is 3. The van der Waals surface area contributed by atoms with Crippen LogP contribution in [0.4, 0.5) is 17.1 Å². The van der Waals surface area contributed by atoms with Gasteiger partial charge in [-0.25, -0.2) is 4.79 Å². The Labute approximate surface area is 183 Å². The van der Waals surface area contributed by atoms with Crippen LogP contribution in [-0.4, -0.2) is 41.1 Å². The first-order chi connectivity index (χ1) is 14.7. The number of nitrogens with zero attached hydrogens (tertiary/aromatic N) is 1. The van der Waals surface area contributed by atoms with Gasteiger partial charge in [0, 0.05) is 4.90 Å². The SMILES string of the molecule is C[C@@H](OC(=O)c1ccc2c(c1)NC(=O)CS2)C(=O)N1c2ccccc2NC(=O)C1(C)C. The summed E-state index contributed by atoms with van der Waals surface area (Å²) in [4.78, 5) is 52.4. The molecular weight excluding hydrogens is 418 g/mol. The number of hydrogen-bond donors (Lipinski definition) is 2. The highest BCUT2D eigenvalue weighted by Gasteiger charge is 2.45. The van der Waals surface area contributed by atoms with Crippen LogP contribution in [0.2, 0.25) is 0 Å². The van der Waals surface area contributed by atoms with Crippen molar-refractivity contribution in [3.63, 3.8) is 0 Å². The van der Waals surface area contributed by atoms with Gasteiger partial charge in [-0.15, -0.1) is 11.8 Å². The van der Waals surface area contributed by atoms with E-state index in [-0.39, 0.29) is 17.4 Å². The molecule has 0 bridgehead atoms. The quantitative estimate of drug-likeness (QED) is 0.713. The van der Waals surface area contributed by atoms with Crippen molar-refractivity contribution < 1.29 is 23.9 Å². The standard InChI is InChI=1S/C22H21N3O5S/c1-12(30-20(28)13-8-9-17-15(10-13)23-18(26)11-31-17)19(27)25-16-7-5-4-6-14(16)24-21(29)22(25,2)3/h4-10,12H,11H2,1-3H3,(H,23,26)(H,24,29)/t12-/m1/s1. The topological polar surface area (TPSA) is 105 Å². The zero-order valence-electron chi connectivity index (χ0n) is 17.2. The number of benzene rings is 2. The van der Waals surface area contributed by atoms with E-state index < -0.39 is 23.5 Å². The summed E-state index contributed by atoms with van der Waals surface area (Å²) < 4.78 is 5.43. The molecule has 9 heteroatoms. The van der Waals surface area contributed by atoms with E-state index >= 15 is 0 Å². The normalized spacial score (nSPS) is 17.6. The smallest absolute Gasteiger partial charge is 0.338 e. The first-order valence-corrected chi connectivity index (χ1v) is 10.7. The van der Waals surface area contributed by atoms with Crippen LogP contribution in [0.15, 0.2) is 47.4 Å². The van der Waals surface area contributed by atoms with Crippen molar-refractivity contribution in [2.45, 2.75) is 37.3 Å². The lowest BCUT2D eigenvalue weighted by molar-refractivity contribution is -0.131. The summed E-state index contributed by atoms with van der Waals surface area (Å²) in [5.41, 5.74) is 0.643. The molecule has 2 aliphatic heterocycles. The Morgan fingerprint density at radius 1 is 1.10 bits per heavy atom. The van der Waals surface area contributed by atoms with Crippen LogP contribution >= 0.6 is 11.8 Å². The van der Waals surface area contributed by atoms with E-state index in [2.05, 4.69) is 10.6 Å². The Kier molecular flexibility index (Phi) is 5.22. The van der Waals surface area contributed by atoms with Gasteiger partial charge in [0.15, 0.2) is 6.10 Å². The summed E-state index contributed by atoms with van der Waals surface area (Å²) in [6.45, 7) is 4.74. The van der Waals surface area contributed by atoms with Gasteiger partial charge >= 0.3 is 5.97 Å². The fourth-order valence-electron chi connectivity index (χ4n) is 3.52. The molecule has 0 saturated carbocycles. The third-order valence-electron chi connectivity index (χ3n) is 5.21. The van der Waals surface area contributed by atoms with Gasteiger partial charge in [-0.3, -0.25) is 19.3 Å². The predicted octanol–water partition coefficient (Wildman–Crippen LogP) is 3.04. The van der Waals surface area contributed by atoms with E-state index in [9.17, 15) is 19.2 Å². The molecule has 0 aliphatic carbocycles. The average molecular weight is 439 g/mol. The molecule has 8 nitrogen and oxygen atoms in total. The van der Waals surface area contributed by atoms with E-state index in [1.807, 2.05) is 0 Å². The maximum absolute atomic E-state index is 13.3. The molecule has 0 spiro atoms. The Bertz CT molecular complexity index is 1110. The second kappa shape index (κ2) is 7.73. The van der Waals surface area contributed by atoms with Crippen molar-refractivity contribution in [3.8, 4) is 0 Å². The molecule has 2 aromatic rings. The third kappa shape index (κ3) is 3.76. The van der Waals surface area contributed by atoms with Crippen molar-refractivity contribution in [1.29, 1.82) is 0 Å². The van der Waals surface area contributed by atoms with Crippen LogP contribution in [-0.2, 0) is 19.1 Å². The number of carbonyl (C=O) groups excluding carboxylic acids is 4. The molecule has 2 aromatic carbocycles. The molecule has 0 radical (unpaired) electrons. The number of esters is 1. The summed E-state index contributed by atoms with van der Waals surface area (Å²) in [5, 5.41) is 5.52. The molecule has 0 aromatic heterocycles.